The van der Waals surface area contributed by atoms with E-state index in [4.69, 9.17) is 4.74 Å². The second-order valence-corrected chi connectivity index (χ2v) is 14.8. The molecular formula is C41H44OP+. The minimum absolute atomic E-state index is 0.789. The van der Waals surface area contributed by atoms with Crippen molar-refractivity contribution in [2.24, 2.45) is 0 Å². The van der Waals surface area contributed by atoms with Gasteiger partial charge in [0.2, 0.25) is 0 Å². The number of benzene rings is 5. The Kier molecular flexibility index (Phi) is 11.8. The van der Waals surface area contributed by atoms with E-state index >= 15 is 0 Å². The van der Waals surface area contributed by atoms with Crippen molar-refractivity contribution >= 4 is 35.3 Å². The zero-order valence-corrected chi connectivity index (χ0v) is 26.1. The summed E-state index contributed by atoms with van der Waals surface area (Å²) in [7, 11) is -1.69. The molecule has 0 radical (unpaired) electrons. The standard InChI is InChI=1S/C41H44OP/c1(2-4-18-34-42-38-32-30-37(31-33-38)29-28-36-20-10-6-11-21-36)3-5-19-35-43(39-22-12-7-13-23-39,40-24-14-8-15-25-40)41-26-16-9-17-27-41/h6-17,20-33H,1-5,18-19,34-35H2/q+1. The lowest BCUT2D eigenvalue weighted by Gasteiger charge is -2.27. The second kappa shape index (κ2) is 16.6. The van der Waals surface area contributed by atoms with Gasteiger partial charge in [-0.15, -0.1) is 0 Å². The number of hydrogen-bond donors (Lipinski definition) is 0. The van der Waals surface area contributed by atoms with Crippen molar-refractivity contribution in [2.75, 3.05) is 12.8 Å². The Balaban J connectivity index is 1.04. The number of hydrogen-bond acceptors (Lipinski definition) is 1. The molecule has 0 atom stereocenters. The van der Waals surface area contributed by atoms with Crippen LogP contribution in [-0.2, 0) is 0 Å². The van der Waals surface area contributed by atoms with Crippen molar-refractivity contribution in [1.29, 1.82) is 0 Å². The van der Waals surface area contributed by atoms with Crippen molar-refractivity contribution < 1.29 is 4.74 Å². The van der Waals surface area contributed by atoms with Gasteiger partial charge in [0.15, 0.2) is 0 Å². The predicted octanol–water partition coefficient (Wildman–Crippen LogP) is 9.96. The first-order valence-electron chi connectivity index (χ1n) is 15.9. The van der Waals surface area contributed by atoms with Gasteiger partial charge >= 0.3 is 0 Å². The van der Waals surface area contributed by atoms with E-state index < -0.39 is 7.26 Å². The van der Waals surface area contributed by atoms with E-state index in [0.717, 1.165) is 18.8 Å². The minimum atomic E-state index is -1.69. The molecule has 0 amide bonds. The van der Waals surface area contributed by atoms with Crippen LogP contribution in [0.1, 0.15) is 56.1 Å². The molecule has 0 aliphatic heterocycles. The summed E-state index contributed by atoms with van der Waals surface area (Å²) < 4.78 is 6.01. The van der Waals surface area contributed by atoms with Crippen molar-refractivity contribution in [2.45, 2.75) is 44.9 Å². The molecule has 43 heavy (non-hydrogen) atoms. The summed E-state index contributed by atoms with van der Waals surface area (Å²) in [6.07, 6.45) is 14.3. The highest BCUT2D eigenvalue weighted by Crippen LogP contribution is 2.56. The van der Waals surface area contributed by atoms with Crippen LogP contribution in [0.3, 0.4) is 0 Å². The summed E-state index contributed by atoms with van der Waals surface area (Å²) in [5.41, 5.74) is 2.40. The van der Waals surface area contributed by atoms with E-state index in [0.29, 0.717) is 0 Å². The molecule has 0 bridgehead atoms. The highest BCUT2D eigenvalue weighted by Gasteiger charge is 2.44. The SMILES string of the molecule is C(=Cc1ccc(OCCCCCCCCC[P+](c2ccccc2)(c2ccccc2)c2ccccc2)cc1)c1ccccc1. The Morgan fingerprint density at radius 2 is 0.791 bits per heavy atom. The lowest BCUT2D eigenvalue weighted by atomic mass is 10.1. The van der Waals surface area contributed by atoms with Gasteiger partial charge in [0.05, 0.1) is 12.8 Å². The van der Waals surface area contributed by atoms with Crippen molar-refractivity contribution in [3.8, 4) is 5.75 Å². The molecular weight excluding hydrogens is 539 g/mol. The van der Waals surface area contributed by atoms with Crippen LogP contribution in [0.15, 0.2) is 146 Å². The van der Waals surface area contributed by atoms with Gasteiger partial charge in [-0.25, -0.2) is 0 Å². The fraction of sp³-hybridized carbons (Fsp3) is 0.220. The average Bonchev–Trinajstić information content (AvgIpc) is 3.09. The molecule has 0 aliphatic rings. The largest absolute Gasteiger partial charge is 0.494 e. The summed E-state index contributed by atoms with van der Waals surface area (Å²) in [5.74, 6) is 0.957. The second-order valence-electron chi connectivity index (χ2n) is 11.2. The molecule has 0 heterocycles. The van der Waals surface area contributed by atoms with Gasteiger partial charge in [-0.1, -0.05) is 135 Å². The molecule has 5 aromatic rings. The monoisotopic (exact) mass is 583 g/mol. The fourth-order valence-electron chi connectivity index (χ4n) is 5.84. The molecule has 0 unspecified atom stereocenters. The molecule has 218 valence electrons. The summed E-state index contributed by atoms with van der Waals surface area (Å²) in [6.45, 7) is 0.789. The smallest absolute Gasteiger partial charge is 0.119 e. The molecule has 5 rings (SSSR count). The van der Waals surface area contributed by atoms with Crippen molar-refractivity contribution in [3.05, 3.63) is 157 Å². The van der Waals surface area contributed by atoms with Gasteiger partial charge < -0.3 is 4.74 Å². The third kappa shape index (κ3) is 8.79. The Labute approximate surface area is 259 Å². The van der Waals surface area contributed by atoms with E-state index in [9.17, 15) is 0 Å². The normalized spacial score (nSPS) is 11.5. The first kappa shape index (κ1) is 30.5. The first-order valence-corrected chi connectivity index (χ1v) is 17.8. The van der Waals surface area contributed by atoms with Gasteiger partial charge in [-0.2, -0.15) is 0 Å². The predicted molar refractivity (Wildman–Crippen MR) is 190 cm³/mol. The van der Waals surface area contributed by atoms with E-state index in [1.807, 2.05) is 6.07 Å². The Morgan fingerprint density at radius 3 is 1.28 bits per heavy atom. The van der Waals surface area contributed by atoms with Crippen molar-refractivity contribution in [3.63, 3.8) is 0 Å². The van der Waals surface area contributed by atoms with Crippen LogP contribution in [0, 0.1) is 0 Å². The number of ether oxygens (including phenoxy) is 1. The van der Waals surface area contributed by atoms with Gasteiger partial charge in [0.1, 0.15) is 28.9 Å². The molecule has 0 fully saturated rings. The fourth-order valence-corrected chi connectivity index (χ4v) is 10.2. The molecule has 0 aromatic heterocycles. The van der Waals surface area contributed by atoms with Crippen LogP contribution < -0.4 is 20.7 Å². The van der Waals surface area contributed by atoms with Gasteiger partial charge in [-0.3, -0.25) is 0 Å². The molecule has 0 N–H and O–H groups in total. The zero-order chi connectivity index (χ0) is 29.4. The topological polar surface area (TPSA) is 9.23 Å². The summed E-state index contributed by atoms with van der Waals surface area (Å²) in [4.78, 5) is 0. The van der Waals surface area contributed by atoms with Gasteiger partial charge in [-0.05, 0) is 78.9 Å². The third-order valence-corrected chi connectivity index (χ3v) is 12.7. The maximum Gasteiger partial charge on any atom is 0.119 e. The quantitative estimate of drug-likeness (QED) is 0.0638. The highest BCUT2D eigenvalue weighted by atomic mass is 31.2. The number of rotatable bonds is 16. The Morgan fingerprint density at radius 1 is 0.395 bits per heavy atom. The molecule has 2 heteroatoms. The average molecular weight is 584 g/mol. The van der Waals surface area contributed by atoms with E-state index in [1.165, 1.54) is 71.7 Å². The minimum Gasteiger partial charge on any atom is -0.494 e. The molecule has 0 spiro atoms. The first-order chi connectivity index (χ1) is 21.3. The van der Waals surface area contributed by atoms with E-state index in [1.54, 1.807) is 0 Å². The number of unbranched alkanes of at least 4 members (excludes halogenated alkanes) is 6. The van der Waals surface area contributed by atoms with Gasteiger partial charge in [0, 0.05) is 0 Å². The lowest BCUT2D eigenvalue weighted by molar-refractivity contribution is 0.304. The van der Waals surface area contributed by atoms with Crippen LogP contribution in [0.5, 0.6) is 5.75 Å². The van der Waals surface area contributed by atoms with E-state index in [-0.39, 0.29) is 0 Å². The zero-order valence-electron chi connectivity index (χ0n) is 25.2. The van der Waals surface area contributed by atoms with Crippen molar-refractivity contribution in [1.82, 2.24) is 0 Å². The van der Waals surface area contributed by atoms with Crippen LogP contribution in [0.25, 0.3) is 12.2 Å². The lowest BCUT2D eigenvalue weighted by Crippen LogP contribution is -2.33. The van der Waals surface area contributed by atoms with Crippen LogP contribution in [-0.4, -0.2) is 12.8 Å². The summed E-state index contributed by atoms with van der Waals surface area (Å²) in [5, 5.41) is 4.47. The Hall–Kier alpha value is -3.93. The summed E-state index contributed by atoms with van der Waals surface area (Å²) >= 11 is 0. The maximum absolute atomic E-state index is 6.01. The molecule has 0 saturated heterocycles. The Bertz CT molecular complexity index is 1380. The molecule has 0 aliphatic carbocycles. The highest BCUT2D eigenvalue weighted by molar-refractivity contribution is 7.95. The molecule has 1 nitrogen and oxygen atoms in total. The summed E-state index contributed by atoms with van der Waals surface area (Å²) in [6, 6.07) is 52.6. The van der Waals surface area contributed by atoms with Crippen LogP contribution in [0.4, 0.5) is 0 Å². The molecule has 5 aromatic carbocycles. The third-order valence-electron chi connectivity index (χ3n) is 8.15. The van der Waals surface area contributed by atoms with Crippen LogP contribution in [0.2, 0.25) is 0 Å². The van der Waals surface area contributed by atoms with Gasteiger partial charge in [0.25, 0.3) is 0 Å². The van der Waals surface area contributed by atoms with Crippen LogP contribution >= 0.6 is 7.26 Å². The molecule has 0 saturated carbocycles. The maximum atomic E-state index is 6.01. The van der Waals surface area contributed by atoms with E-state index in [2.05, 4.69) is 152 Å².